The zero-order valence-corrected chi connectivity index (χ0v) is 14.9. The molecule has 0 spiro atoms. The second kappa shape index (κ2) is 5.52. The van der Waals surface area contributed by atoms with Gasteiger partial charge in [-0.3, -0.25) is 9.78 Å². The van der Waals surface area contributed by atoms with Crippen LogP contribution in [0.2, 0.25) is 10.0 Å². The zero-order chi connectivity index (χ0) is 17.8. The van der Waals surface area contributed by atoms with E-state index < -0.39 is 0 Å². The van der Waals surface area contributed by atoms with Crippen molar-refractivity contribution in [2.24, 2.45) is 7.05 Å². The maximum absolute atomic E-state index is 6.09. The van der Waals surface area contributed by atoms with E-state index in [1.807, 2.05) is 19.2 Å². The van der Waals surface area contributed by atoms with Crippen LogP contribution in [0.3, 0.4) is 0 Å². The van der Waals surface area contributed by atoms with Crippen molar-refractivity contribution >= 4 is 39.9 Å². The van der Waals surface area contributed by atoms with Gasteiger partial charge in [0.1, 0.15) is 12.0 Å². The maximum Gasteiger partial charge on any atom is 0.200 e. The first-order valence-electron chi connectivity index (χ1n) is 7.64. The van der Waals surface area contributed by atoms with E-state index in [1.165, 1.54) is 0 Å². The molecule has 5 aromatic rings. The van der Waals surface area contributed by atoms with E-state index in [2.05, 4.69) is 30.4 Å². The predicted octanol–water partition coefficient (Wildman–Crippen LogP) is 3.37. The molecule has 0 bridgehead atoms. The van der Waals surface area contributed by atoms with Gasteiger partial charge in [0.05, 0.1) is 27.3 Å². The number of benzene rings is 1. The molecule has 0 aliphatic carbocycles. The Hall–Kier alpha value is -2.97. The van der Waals surface area contributed by atoms with E-state index in [0.717, 1.165) is 22.3 Å². The number of rotatable bonds is 2. The van der Waals surface area contributed by atoms with Crippen LogP contribution in [-0.4, -0.2) is 39.6 Å². The summed E-state index contributed by atoms with van der Waals surface area (Å²) in [4.78, 5) is 8.96. The number of aromatic amines is 1. The van der Waals surface area contributed by atoms with Crippen molar-refractivity contribution in [1.29, 1.82) is 0 Å². The molecule has 0 saturated carbocycles. The Bertz CT molecular complexity index is 1280. The number of nitrogens with one attached hydrogen (secondary N) is 1. The molecule has 5 rings (SSSR count). The number of nitrogens with zero attached hydrogens (tertiary/aromatic N) is 7. The lowest BCUT2D eigenvalue weighted by Gasteiger charge is -1.98. The van der Waals surface area contributed by atoms with Gasteiger partial charge in [-0.2, -0.15) is 10.2 Å². The summed E-state index contributed by atoms with van der Waals surface area (Å²) in [5, 5.41) is 17.8. The molecule has 0 amide bonds. The number of fused-ring (bicyclic) bond motifs is 3. The maximum atomic E-state index is 6.09. The van der Waals surface area contributed by atoms with Crippen molar-refractivity contribution in [2.75, 3.05) is 0 Å². The number of hydrogen-bond acceptors (Lipinski definition) is 5. The van der Waals surface area contributed by atoms with E-state index in [1.54, 1.807) is 33.9 Å². The highest BCUT2D eigenvalue weighted by atomic mass is 35.5. The van der Waals surface area contributed by atoms with Crippen LogP contribution in [0.4, 0.5) is 0 Å². The molecule has 0 unspecified atom stereocenters. The molecule has 4 heterocycles. The Morgan fingerprint density at radius 3 is 2.81 bits per heavy atom. The summed E-state index contributed by atoms with van der Waals surface area (Å²) in [5.41, 5.74) is 3.69. The van der Waals surface area contributed by atoms with E-state index in [-0.39, 0.29) is 0 Å². The summed E-state index contributed by atoms with van der Waals surface area (Å²) in [5.74, 6) is 0.516. The van der Waals surface area contributed by atoms with Gasteiger partial charge in [-0.15, -0.1) is 5.10 Å². The van der Waals surface area contributed by atoms with Gasteiger partial charge in [-0.1, -0.05) is 29.3 Å². The largest absolute Gasteiger partial charge is 0.274 e. The molecular formula is C16H10Cl2N8. The van der Waals surface area contributed by atoms with Crippen LogP contribution in [0.1, 0.15) is 0 Å². The number of aromatic nitrogens is 8. The Morgan fingerprint density at radius 2 is 1.96 bits per heavy atom. The lowest BCUT2D eigenvalue weighted by Crippen LogP contribution is -1.94. The lowest BCUT2D eigenvalue weighted by molar-refractivity contribution is 0.783. The van der Waals surface area contributed by atoms with Crippen LogP contribution < -0.4 is 0 Å². The first-order valence-corrected chi connectivity index (χ1v) is 8.40. The molecule has 4 aromatic heterocycles. The molecule has 8 nitrogen and oxygen atoms in total. The smallest absolute Gasteiger partial charge is 0.200 e. The van der Waals surface area contributed by atoms with E-state index in [0.29, 0.717) is 27.2 Å². The average Bonchev–Trinajstić information content (AvgIpc) is 3.34. The molecular weight excluding hydrogens is 375 g/mol. The SMILES string of the molecule is Cn1ncc2c1ncn1nc(-c3cc(-c4ccc(Cl)c(Cl)c4)n[nH]3)nc21. The van der Waals surface area contributed by atoms with Gasteiger partial charge in [-0.05, 0) is 18.2 Å². The molecule has 0 saturated heterocycles. The van der Waals surface area contributed by atoms with E-state index in [4.69, 9.17) is 23.2 Å². The van der Waals surface area contributed by atoms with Crippen molar-refractivity contribution in [3.8, 4) is 22.8 Å². The molecule has 0 radical (unpaired) electrons. The minimum atomic E-state index is 0.476. The molecule has 0 fully saturated rings. The molecule has 128 valence electrons. The van der Waals surface area contributed by atoms with Crippen molar-refractivity contribution in [1.82, 2.24) is 39.6 Å². The highest BCUT2D eigenvalue weighted by molar-refractivity contribution is 6.42. The predicted molar refractivity (Wildman–Crippen MR) is 98.1 cm³/mol. The fourth-order valence-corrected chi connectivity index (χ4v) is 3.09. The van der Waals surface area contributed by atoms with Gasteiger partial charge in [0, 0.05) is 12.6 Å². The lowest BCUT2D eigenvalue weighted by atomic mass is 10.1. The molecule has 1 N–H and O–H groups in total. The minimum Gasteiger partial charge on any atom is -0.274 e. The third kappa shape index (κ3) is 2.27. The van der Waals surface area contributed by atoms with E-state index in [9.17, 15) is 0 Å². The van der Waals surface area contributed by atoms with Crippen molar-refractivity contribution in [3.05, 3.63) is 46.8 Å². The summed E-state index contributed by atoms with van der Waals surface area (Å²) >= 11 is 12.1. The molecule has 10 heteroatoms. The summed E-state index contributed by atoms with van der Waals surface area (Å²) in [7, 11) is 1.83. The first kappa shape index (κ1) is 15.3. The summed E-state index contributed by atoms with van der Waals surface area (Å²) in [6.07, 6.45) is 3.34. The summed E-state index contributed by atoms with van der Waals surface area (Å²) in [6.45, 7) is 0. The number of halogens is 2. The van der Waals surface area contributed by atoms with E-state index >= 15 is 0 Å². The third-order valence-corrected chi connectivity index (χ3v) is 4.84. The van der Waals surface area contributed by atoms with Crippen LogP contribution in [0, 0.1) is 0 Å². The fraction of sp³-hybridized carbons (Fsp3) is 0.0625. The highest BCUT2D eigenvalue weighted by Gasteiger charge is 2.15. The number of H-pyrrole nitrogens is 1. The van der Waals surface area contributed by atoms with Gasteiger partial charge >= 0.3 is 0 Å². The average molecular weight is 385 g/mol. The van der Waals surface area contributed by atoms with Crippen LogP contribution in [0.5, 0.6) is 0 Å². The number of hydrogen-bond donors (Lipinski definition) is 1. The highest BCUT2D eigenvalue weighted by Crippen LogP contribution is 2.29. The van der Waals surface area contributed by atoms with Crippen molar-refractivity contribution < 1.29 is 0 Å². The Morgan fingerprint density at radius 1 is 1.08 bits per heavy atom. The normalized spacial score (nSPS) is 11.7. The Kier molecular flexibility index (Phi) is 3.25. The van der Waals surface area contributed by atoms with Gasteiger partial charge < -0.3 is 0 Å². The van der Waals surface area contributed by atoms with Gasteiger partial charge in [0.2, 0.25) is 0 Å². The second-order valence-electron chi connectivity index (χ2n) is 5.75. The topological polar surface area (TPSA) is 89.6 Å². The van der Waals surface area contributed by atoms with Crippen LogP contribution in [0.25, 0.3) is 39.5 Å². The third-order valence-electron chi connectivity index (χ3n) is 4.10. The monoisotopic (exact) mass is 384 g/mol. The molecule has 0 atom stereocenters. The summed E-state index contributed by atoms with van der Waals surface area (Å²) < 4.78 is 3.32. The van der Waals surface area contributed by atoms with Crippen LogP contribution in [0.15, 0.2) is 36.8 Å². The van der Waals surface area contributed by atoms with Gasteiger partial charge in [0.25, 0.3) is 0 Å². The van der Waals surface area contributed by atoms with Crippen LogP contribution in [-0.2, 0) is 7.05 Å². The fourth-order valence-electron chi connectivity index (χ4n) is 2.79. The molecule has 1 aromatic carbocycles. The Balaban J connectivity index is 1.61. The van der Waals surface area contributed by atoms with Crippen LogP contribution >= 0.6 is 23.2 Å². The standard InChI is InChI=1S/C16H10Cl2N8/c1-25-15-9(6-20-25)16-21-14(24-26(16)7-19-15)13-5-12(22-23-13)8-2-3-10(17)11(18)4-8/h2-7H,1H3,(H,22,23). The zero-order valence-electron chi connectivity index (χ0n) is 13.4. The second-order valence-corrected chi connectivity index (χ2v) is 6.56. The first-order chi connectivity index (χ1) is 12.6. The quantitative estimate of drug-likeness (QED) is 0.503. The van der Waals surface area contributed by atoms with Gasteiger partial charge in [-0.25, -0.2) is 14.5 Å². The van der Waals surface area contributed by atoms with Crippen molar-refractivity contribution in [3.63, 3.8) is 0 Å². The molecule has 0 aliphatic heterocycles. The summed E-state index contributed by atoms with van der Waals surface area (Å²) in [6, 6.07) is 7.22. The van der Waals surface area contributed by atoms with Gasteiger partial charge in [0.15, 0.2) is 17.1 Å². The Labute approximate surface area is 156 Å². The minimum absolute atomic E-state index is 0.476. The molecule has 0 aliphatic rings. The van der Waals surface area contributed by atoms with Crippen molar-refractivity contribution in [2.45, 2.75) is 0 Å². The molecule has 26 heavy (non-hydrogen) atoms. The number of aryl methyl sites for hydroxylation is 1.